The number of thioether (sulfide) groups is 1. The van der Waals surface area contributed by atoms with Gasteiger partial charge < -0.3 is 5.32 Å². The topological polar surface area (TPSA) is 42.0 Å². The Labute approximate surface area is 147 Å². The number of halogens is 1. The van der Waals surface area contributed by atoms with E-state index < -0.39 is 0 Å². The molecule has 5 heteroatoms. The first-order valence-electron chi connectivity index (χ1n) is 7.16. The summed E-state index contributed by atoms with van der Waals surface area (Å²) < 4.78 is 0.988. The summed E-state index contributed by atoms with van der Waals surface area (Å²) in [5.41, 5.74) is 2.73. The standard InChI is InChI=1S/C18H15BrN2OS/c1-12-5-6-13-3-2-4-16(18(13)20-12)23-11-17(22)21-15-9-7-14(19)8-10-15/h2-10H,11H2,1H3,(H,21,22). The van der Waals surface area contributed by atoms with Gasteiger partial charge in [0, 0.05) is 26.1 Å². The van der Waals surface area contributed by atoms with Gasteiger partial charge >= 0.3 is 0 Å². The van der Waals surface area contributed by atoms with Crippen molar-refractivity contribution in [3.63, 3.8) is 0 Å². The maximum Gasteiger partial charge on any atom is 0.234 e. The Morgan fingerprint density at radius 3 is 2.70 bits per heavy atom. The Kier molecular flexibility index (Phi) is 4.98. The molecule has 0 radical (unpaired) electrons. The second-order valence-corrected chi connectivity index (χ2v) is 7.06. The second-order valence-electron chi connectivity index (χ2n) is 5.12. The van der Waals surface area contributed by atoms with Gasteiger partial charge in [-0.15, -0.1) is 11.8 Å². The van der Waals surface area contributed by atoms with E-state index in [-0.39, 0.29) is 5.91 Å². The minimum absolute atomic E-state index is 0.0259. The number of carbonyl (C=O) groups excluding carboxylic acids is 1. The summed E-state index contributed by atoms with van der Waals surface area (Å²) in [6.45, 7) is 1.97. The van der Waals surface area contributed by atoms with E-state index in [1.165, 1.54) is 11.8 Å². The number of carbonyl (C=O) groups is 1. The van der Waals surface area contributed by atoms with E-state index in [2.05, 4.69) is 32.3 Å². The number of nitrogens with zero attached hydrogens (tertiary/aromatic N) is 1. The zero-order chi connectivity index (χ0) is 16.2. The van der Waals surface area contributed by atoms with Gasteiger partial charge in [-0.2, -0.15) is 0 Å². The first-order valence-corrected chi connectivity index (χ1v) is 8.94. The molecular formula is C18H15BrN2OS. The smallest absolute Gasteiger partial charge is 0.234 e. The minimum Gasteiger partial charge on any atom is -0.325 e. The molecule has 1 aromatic heterocycles. The van der Waals surface area contributed by atoms with Crippen LogP contribution in [0, 0.1) is 6.92 Å². The summed E-state index contributed by atoms with van der Waals surface area (Å²) in [6.07, 6.45) is 0. The molecule has 0 saturated heterocycles. The van der Waals surface area contributed by atoms with Crippen molar-refractivity contribution in [2.75, 3.05) is 11.1 Å². The molecule has 1 heterocycles. The number of aromatic nitrogens is 1. The Morgan fingerprint density at radius 2 is 1.91 bits per heavy atom. The lowest BCUT2D eigenvalue weighted by atomic mass is 10.2. The van der Waals surface area contributed by atoms with Crippen LogP contribution in [-0.4, -0.2) is 16.6 Å². The van der Waals surface area contributed by atoms with Crippen LogP contribution in [0.3, 0.4) is 0 Å². The first kappa shape index (κ1) is 16.0. The monoisotopic (exact) mass is 386 g/mol. The SMILES string of the molecule is Cc1ccc2cccc(SCC(=O)Nc3ccc(Br)cc3)c2n1. The normalized spacial score (nSPS) is 10.7. The molecule has 0 aliphatic rings. The average Bonchev–Trinajstić information content (AvgIpc) is 2.55. The highest BCUT2D eigenvalue weighted by Crippen LogP contribution is 2.27. The fraction of sp³-hybridized carbons (Fsp3) is 0.111. The molecule has 0 spiro atoms. The van der Waals surface area contributed by atoms with Crippen molar-refractivity contribution >= 4 is 50.2 Å². The van der Waals surface area contributed by atoms with Crippen molar-refractivity contribution in [3.8, 4) is 0 Å². The number of anilines is 1. The van der Waals surface area contributed by atoms with Gasteiger partial charge in [0.2, 0.25) is 5.91 Å². The molecule has 1 amide bonds. The summed E-state index contributed by atoms with van der Waals surface area (Å²) in [4.78, 5) is 17.7. The third kappa shape index (κ3) is 4.12. The number of hydrogen-bond acceptors (Lipinski definition) is 3. The number of nitrogens with one attached hydrogen (secondary N) is 1. The van der Waals surface area contributed by atoms with Gasteiger partial charge in [0.1, 0.15) is 0 Å². The predicted molar refractivity (Wildman–Crippen MR) is 100.0 cm³/mol. The highest BCUT2D eigenvalue weighted by Gasteiger charge is 2.07. The van der Waals surface area contributed by atoms with Gasteiger partial charge in [-0.05, 0) is 43.3 Å². The van der Waals surface area contributed by atoms with Gasteiger partial charge in [0.15, 0.2) is 0 Å². The summed E-state index contributed by atoms with van der Waals surface area (Å²) >= 11 is 4.88. The van der Waals surface area contributed by atoms with Crippen LogP contribution in [0.5, 0.6) is 0 Å². The summed E-state index contributed by atoms with van der Waals surface area (Å²) in [5.74, 6) is 0.326. The molecule has 0 bridgehead atoms. The highest BCUT2D eigenvalue weighted by atomic mass is 79.9. The van der Waals surface area contributed by atoms with E-state index in [1.807, 2.05) is 55.5 Å². The number of rotatable bonds is 4. The van der Waals surface area contributed by atoms with Crippen LogP contribution >= 0.6 is 27.7 Å². The van der Waals surface area contributed by atoms with Gasteiger partial charge in [0.05, 0.1) is 11.3 Å². The number of aryl methyl sites for hydroxylation is 1. The lowest BCUT2D eigenvalue weighted by Crippen LogP contribution is -2.13. The largest absolute Gasteiger partial charge is 0.325 e. The van der Waals surface area contributed by atoms with E-state index in [4.69, 9.17) is 0 Å². The maximum absolute atomic E-state index is 12.1. The average molecular weight is 387 g/mol. The molecule has 3 nitrogen and oxygen atoms in total. The Morgan fingerprint density at radius 1 is 1.13 bits per heavy atom. The van der Waals surface area contributed by atoms with Crippen LogP contribution in [-0.2, 0) is 4.79 Å². The number of amides is 1. The quantitative estimate of drug-likeness (QED) is 0.638. The molecule has 2 aromatic carbocycles. The van der Waals surface area contributed by atoms with Crippen LogP contribution in [0.4, 0.5) is 5.69 Å². The minimum atomic E-state index is -0.0259. The Hall–Kier alpha value is -1.85. The summed E-state index contributed by atoms with van der Waals surface area (Å²) in [7, 11) is 0. The lowest BCUT2D eigenvalue weighted by Gasteiger charge is -2.07. The van der Waals surface area contributed by atoms with E-state index in [0.717, 1.165) is 31.7 Å². The molecule has 1 N–H and O–H groups in total. The highest BCUT2D eigenvalue weighted by molar-refractivity contribution is 9.10. The molecule has 0 fully saturated rings. The molecule has 3 aromatic rings. The fourth-order valence-corrected chi connectivity index (χ4v) is 3.31. The zero-order valence-electron chi connectivity index (χ0n) is 12.5. The summed E-state index contributed by atoms with van der Waals surface area (Å²) in [6, 6.07) is 17.6. The van der Waals surface area contributed by atoms with Gasteiger partial charge in [0.25, 0.3) is 0 Å². The molecule has 0 aliphatic carbocycles. The van der Waals surface area contributed by atoms with Crippen molar-refractivity contribution in [2.45, 2.75) is 11.8 Å². The number of fused-ring (bicyclic) bond motifs is 1. The number of para-hydroxylation sites is 1. The first-order chi connectivity index (χ1) is 11.1. The van der Waals surface area contributed by atoms with Crippen molar-refractivity contribution in [1.82, 2.24) is 4.98 Å². The van der Waals surface area contributed by atoms with Gasteiger partial charge in [-0.3, -0.25) is 9.78 Å². The lowest BCUT2D eigenvalue weighted by molar-refractivity contribution is -0.113. The van der Waals surface area contributed by atoms with Crippen molar-refractivity contribution in [2.24, 2.45) is 0 Å². The predicted octanol–water partition coefficient (Wildman–Crippen LogP) is 5.04. The molecule has 0 atom stereocenters. The van der Waals surface area contributed by atoms with Crippen molar-refractivity contribution < 1.29 is 4.79 Å². The maximum atomic E-state index is 12.1. The van der Waals surface area contributed by atoms with E-state index >= 15 is 0 Å². The van der Waals surface area contributed by atoms with Gasteiger partial charge in [-0.25, -0.2) is 0 Å². The third-order valence-electron chi connectivity index (χ3n) is 3.31. The third-order valence-corrected chi connectivity index (χ3v) is 4.88. The van der Waals surface area contributed by atoms with Crippen LogP contribution in [0.25, 0.3) is 10.9 Å². The van der Waals surface area contributed by atoms with E-state index in [0.29, 0.717) is 5.75 Å². The number of pyridine rings is 1. The molecular weight excluding hydrogens is 372 g/mol. The molecule has 3 rings (SSSR count). The molecule has 0 aliphatic heterocycles. The Balaban J connectivity index is 1.69. The van der Waals surface area contributed by atoms with Crippen molar-refractivity contribution in [1.29, 1.82) is 0 Å². The molecule has 23 heavy (non-hydrogen) atoms. The second kappa shape index (κ2) is 7.15. The van der Waals surface area contributed by atoms with Crippen LogP contribution in [0.1, 0.15) is 5.69 Å². The van der Waals surface area contributed by atoms with E-state index in [9.17, 15) is 4.79 Å². The number of benzene rings is 2. The Bertz CT molecular complexity index is 849. The molecule has 0 saturated carbocycles. The van der Waals surface area contributed by atoms with Crippen LogP contribution < -0.4 is 5.32 Å². The van der Waals surface area contributed by atoms with E-state index in [1.54, 1.807) is 0 Å². The zero-order valence-corrected chi connectivity index (χ0v) is 14.9. The molecule has 0 unspecified atom stereocenters. The fourth-order valence-electron chi connectivity index (χ4n) is 2.21. The summed E-state index contributed by atoms with van der Waals surface area (Å²) in [5, 5.41) is 3.99. The molecule has 116 valence electrons. The van der Waals surface area contributed by atoms with Crippen LogP contribution in [0.2, 0.25) is 0 Å². The van der Waals surface area contributed by atoms with Crippen molar-refractivity contribution in [3.05, 3.63) is 64.8 Å². The number of hydrogen-bond donors (Lipinski definition) is 1. The van der Waals surface area contributed by atoms with Crippen LogP contribution in [0.15, 0.2) is 64.0 Å². The van der Waals surface area contributed by atoms with Gasteiger partial charge in [-0.1, -0.05) is 34.1 Å².